The monoisotopic (exact) mass is 398 g/mol. The van der Waals surface area contributed by atoms with Crippen LogP contribution >= 0.6 is 11.3 Å². The Hall–Kier alpha value is -2.27. The molecule has 9 nitrogen and oxygen atoms in total. The minimum Gasteiger partial charge on any atom is -0.457 e. The molecule has 1 aliphatic rings. The van der Waals surface area contributed by atoms with Gasteiger partial charge in [-0.05, 0) is 18.6 Å². The van der Waals surface area contributed by atoms with Crippen LogP contribution in [0.15, 0.2) is 27.2 Å². The van der Waals surface area contributed by atoms with Crippen molar-refractivity contribution in [2.24, 2.45) is 0 Å². The molecule has 26 heavy (non-hydrogen) atoms. The van der Waals surface area contributed by atoms with Crippen LogP contribution in [0.4, 0.5) is 9.93 Å². The van der Waals surface area contributed by atoms with Gasteiger partial charge in [0.1, 0.15) is 0 Å². The highest BCUT2D eigenvalue weighted by molar-refractivity contribution is 7.87. The summed E-state index contributed by atoms with van der Waals surface area (Å²) in [5.41, 5.74) is 0. The number of carbonyl (C=O) groups is 2. The summed E-state index contributed by atoms with van der Waals surface area (Å²) in [6.45, 7) is 2.19. The van der Waals surface area contributed by atoms with Gasteiger partial charge in [-0.25, -0.2) is 14.5 Å². The van der Waals surface area contributed by atoms with Crippen LogP contribution in [0.3, 0.4) is 0 Å². The second-order valence-electron chi connectivity index (χ2n) is 5.62. The zero-order chi connectivity index (χ0) is 18.7. The summed E-state index contributed by atoms with van der Waals surface area (Å²) < 4.78 is 23.0. The van der Waals surface area contributed by atoms with Crippen molar-refractivity contribution in [2.75, 3.05) is 24.2 Å². The molecule has 2 atom stereocenters. The normalized spacial score (nSPS) is 18.4. The molecule has 2 unspecified atom stereocenters. The Kier molecular flexibility index (Phi) is 5.67. The number of ether oxygens (including phenoxy) is 1. The summed E-state index contributed by atoms with van der Waals surface area (Å²) >= 11 is 1.06. The number of urea groups is 1. The summed E-state index contributed by atoms with van der Waals surface area (Å²) in [5, 5.41) is 8.15. The molecule has 0 N–H and O–H groups in total. The highest BCUT2D eigenvalue weighted by atomic mass is 32.2. The number of carbonyl (C=O) groups excluding carboxylic acids is 2. The van der Waals surface area contributed by atoms with Crippen molar-refractivity contribution in [2.45, 2.75) is 30.3 Å². The van der Waals surface area contributed by atoms with Gasteiger partial charge < -0.3 is 14.1 Å². The zero-order valence-corrected chi connectivity index (χ0v) is 15.9. The van der Waals surface area contributed by atoms with Crippen LogP contribution < -0.4 is 4.90 Å². The molecule has 3 rings (SSSR count). The first-order chi connectivity index (χ1) is 12.5. The Bertz CT molecular complexity index is 807. The molecule has 11 heteroatoms. The third-order valence-electron chi connectivity index (χ3n) is 3.70. The largest absolute Gasteiger partial charge is 0.457 e. The molecule has 2 aromatic rings. The first-order valence-electron chi connectivity index (χ1n) is 8.02. The number of hydrogen-bond acceptors (Lipinski definition) is 8. The van der Waals surface area contributed by atoms with Gasteiger partial charge in [0.25, 0.3) is 0 Å². The number of aromatic nitrogens is 2. The molecular formula is C15H18N4O5S2. The van der Waals surface area contributed by atoms with Crippen molar-refractivity contribution in [1.82, 2.24) is 15.1 Å². The lowest BCUT2D eigenvalue weighted by Crippen LogP contribution is -2.37. The van der Waals surface area contributed by atoms with Crippen LogP contribution in [-0.2, 0) is 15.5 Å². The summed E-state index contributed by atoms with van der Waals surface area (Å²) in [6, 6.07) is 2.68. The fourth-order valence-corrected chi connectivity index (χ4v) is 4.64. The summed E-state index contributed by atoms with van der Waals surface area (Å²) in [6.07, 6.45) is 2.24. The third kappa shape index (κ3) is 3.78. The van der Waals surface area contributed by atoms with Crippen molar-refractivity contribution in [3.05, 3.63) is 24.2 Å². The molecule has 0 saturated carbocycles. The number of rotatable bonds is 7. The second-order valence-corrected chi connectivity index (χ2v) is 8.32. The first-order valence-corrected chi connectivity index (χ1v) is 10.2. The Morgan fingerprint density at radius 1 is 1.50 bits per heavy atom. The second kappa shape index (κ2) is 7.96. The minimum absolute atomic E-state index is 0.0468. The molecule has 0 radical (unpaired) electrons. The molecular weight excluding hydrogens is 380 g/mol. The van der Waals surface area contributed by atoms with Gasteiger partial charge in [0.05, 0.1) is 23.6 Å². The molecule has 0 aliphatic carbocycles. The third-order valence-corrected chi connectivity index (χ3v) is 6.35. The lowest BCUT2D eigenvalue weighted by molar-refractivity contribution is 0.0295. The quantitative estimate of drug-likeness (QED) is 0.519. The van der Waals surface area contributed by atoms with Crippen LogP contribution in [0, 0.1) is 0 Å². The number of unbranched alkanes of at least 4 members (excludes halogenated alkanes) is 1. The Morgan fingerprint density at radius 2 is 2.31 bits per heavy atom. The van der Waals surface area contributed by atoms with Crippen molar-refractivity contribution < 1.29 is 23.0 Å². The standard InChI is InChI=1S/C15H18N4O5S2/c1-3-4-8-26(22)14-17-16-13(25-14)19-11(9-18(2)15(19)21)24-12(20)10-6-5-7-23-10/h5-7,11H,3-4,8-9H2,1-2H3. The fourth-order valence-electron chi connectivity index (χ4n) is 2.33. The van der Waals surface area contributed by atoms with E-state index in [1.807, 2.05) is 6.92 Å². The van der Waals surface area contributed by atoms with Gasteiger partial charge in [-0.2, -0.15) is 0 Å². The SMILES string of the molecule is CCCCS(=O)c1nnc(N2C(=O)N(C)CC2OC(=O)c2ccco2)s1. The Labute approximate surface area is 156 Å². The number of anilines is 1. The highest BCUT2D eigenvalue weighted by Gasteiger charge is 2.41. The molecule has 140 valence electrons. The fraction of sp³-hybridized carbons (Fsp3) is 0.467. The summed E-state index contributed by atoms with van der Waals surface area (Å²) in [5.74, 6) is -0.134. The first kappa shape index (κ1) is 18.5. The molecule has 2 aromatic heterocycles. The molecule has 2 amide bonds. The molecule has 3 heterocycles. The van der Waals surface area contributed by atoms with Gasteiger partial charge in [0.2, 0.25) is 21.5 Å². The van der Waals surface area contributed by atoms with E-state index in [9.17, 15) is 13.8 Å². The van der Waals surface area contributed by atoms with Crippen LogP contribution in [-0.4, -0.2) is 56.9 Å². The molecule has 0 bridgehead atoms. The van der Waals surface area contributed by atoms with Gasteiger partial charge in [0.15, 0.2) is 0 Å². The Morgan fingerprint density at radius 3 is 3.00 bits per heavy atom. The lowest BCUT2D eigenvalue weighted by atomic mass is 10.4. The summed E-state index contributed by atoms with van der Waals surface area (Å²) in [4.78, 5) is 27.2. The number of furan rings is 1. The number of esters is 1. The van der Waals surface area contributed by atoms with Gasteiger partial charge in [0, 0.05) is 12.8 Å². The minimum atomic E-state index is -1.26. The van der Waals surface area contributed by atoms with E-state index < -0.39 is 23.0 Å². The van der Waals surface area contributed by atoms with Crippen molar-refractivity contribution >= 4 is 39.3 Å². The van der Waals surface area contributed by atoms with Crippen LogP contribution in [0.2, 0.25) is 0 Å². The van der Waals surface area contributed by atoms with E-state index in [4.69, 9.17) is 9.15 Å². The molecule has 1 aliphatic heterocycles. The maximum absolute atomic E-state index is 12.4. The topological polar surface area (TPSA) is 106 Å². The van der Waals surface area contributed by atoms with Gasteiger partial charge in [-0.1, -0.05) is 24.7 Å². The van der Waals surface area contributed by atoms with E-state index >= 15 is 0 Å². The van der Waals surface area contributed by atoms with Gasteiger partial charge in [-0.3, -0.25) is 4.21 Å². The molecule has 1 fully saturated rings. The maximum atomic E-state index is 12.4. The zero-order valence-electron chi connectivity index (χ0n) is 14.3. The average Bonchev–Trinajstić information content (AvgIpc) is 3.35. The van der Waals surface area contributed by atoms with E-state index in [1.165, 1.54) is 22.1 Å². The van der Waals surface area contributed by atoms with Crippen LogP contribution in [0.25, 0.3) is 0 Å². The predicted octanol–water partition coefficient (Wildman–Crippen LogP) is 2.09. The number of hydrogen-bond donors (Lipinski definition) is 0. The van der Waals surface area contributed by atoms with E-state index in [0.29, 0.717) is 10.1 Å². The molecule has 0 aromatic carbocycles. The smallest absolute Gasteiger partial charge is 0.376 e. The molecule has 1 saturated heterocycles. The van der Waals surface area contributed by atoms with E-state index in [-0.39, 0.29) is 23.5 Å². The lowest BCUT2D eigenvalue weighted by Gasteiger charge is -2.19. The van der Waals surface area contributed by atoms with E-state index in [1.54, 1.807) is 13.1 Å². The van der Waals surface area contributed by atoms with Crippen LogP contribution in [0.1, 0.15) is 30.3 Å². The average molecular weight is 398 g/mol. The maximum Gasteiger partial charge on any atom is 0.376 e. The van der Waals surface area contributed by atoms with Crippen molar-refractivity contribution in [3.63, 3.8) is 0 Å². The highest BCUT2D eigenvalue weighted by Crippen LogP contribution is 2.29. The number of likely N-dealkylation sites (N-methyl/N-ethyl adjacent to an activating group) is 1. The van der Waals surface area contributed by atoms with Gasteiger partial charge >= 0.3 is 12.0 Å². The number of nitrogens with zero attached hydrogens (tertiary/aromatic N) is 4. The summed E-state index contributed by atoms with van der Waals surface area (Å²) in [7, 11) is 0.336. The van der Waals surface area contributed by atoms with E-state index in [2.05, 4.69) is 10.2 Å². The van der Waals surface area contributed by atoms with Crippen molar-refractivity contribution in [1.29, 1.82) is 0 Å². The van der Waals surface area contributed by atoms with Crippen LogP contribution in [0.5, 0.6) is 0 Å². The van der Waals surface area contributed by atoms with Crippen molar-refractivity contribution in [3.8, 4) is 0 Å². The van der Waals surface area contributed by atoms with E-state index in [0.717, 1.165) is 24.2 Å². The predicted molar refractivity (Wildman–Crippen MR) is 94.5 cm³/mol. The molecule has 0 spiro atoms. The van der Waals surface area contributed by atoms with Gasteiger partial charge in [-0.15, -0.1) is 10.2 Å². The number of amides is 2. The Balaban J connectivity index is 1.77.